The average molecular weight is 407 g/mol. The van der Waals surface area contributed by atoms with E-state index in [0.717, 1.165) is 0 Å². The Morgan fingerprint density at radius 2 is 1.72 bits per heavy atom. The fourth-order valence-electron chi connectivity index (χ4n) is 2.53. The van der Waals surface area contributed by atoms with E-state index < -0.39 is 29.6 Å². The Hall–Kier alpha value is -2.87. The Morgan fingerprint density at radius 1 is 1.14 bits per heavy atom. The van der Waals surface area contributed by atoms with Gasteiger partial charge >= 0.3 is 17.9 Å². The van der Waals surface area contributed by atoms with Crippen molar-refractivity contribution in [1.82, 2.24) is 4.98 Å². The fraction of sp³-hybridized carbons (Fsp3) is 0.476. The molecular weight excluding hydrogens is 378 g/mol. The molecule has 0 amide bonds. The molecule has 29 heavy (non-hydrogen) atoms. The van der Waals surface area contributed by atoms with E-state index in [4.69, 9.17) is 14.2 Å². The molecule has 0 bridgehead atoms. The van der Waals surface area contributed by atoms with Crippen molar-refractivity contribution in [2.24, 2.45) is 0 Å². The number of aliphatic hydroxyl groups excluding tert-OH is 1. The van der Waals surface area contributed by atoms with Crippen LogP contribution >= 0.6 is 0 Å². The van der Waals surface area contributed by atoms with Crippen molar-refractivity contribution >= 4 is 17.9 Å². The van der Waals surface area contributed by atoms with Gasteiger partial charge in [0.1, 0.15) is 24.5 Å². The standard InChI is InChI=1S/C21H29NO7/c1-7-11-27-15(23)10-9-14-13(3)16(18(24)20(26)28-12-8-2)22-17(14)19(25)29-21(4,5)6/h7-8,18,22,24H,1-2,9-12H2,3-6H3. The van der Waals surface area contributed by atoms with E-state index >= 15 is 0 Å². The third-order valence-corrected chi connectivity index (χ3v) is 3.80. The SMILES string of the molecule is C=CCOC(=O)CCc1c(C(=O)OC(C)(C)C)[nH]c(C(O)C(=O)OCC=C)c1C. The molecule has 0 radical (unpaired) electrons. The molecule has 1 aromatic heterocycles. The van der Waals surface area contributed by atoms with Crippen molar-refractivity contribution in [3.63, 3.8) is 0 Å². The van der Waals surface area contributed by atoms with Crippen molar-refractivity contribution in [1.29, 1.82) is 0 Å². The van der Waals surface area contributed by atoms with Gasteiger partial charge in [-0.05, 0) is 45.2 Å². The van der Waals surface area contributed by atoms with E-state index in [9.17, 15) is 19.5 Å². The van der Waals surface area contributed by atoms with Crippen LogP contribution in [-0.2, 0) is 30.2 Å². The molecule has 1 atom stereocenters. The smallest absolute Gasteiger partial charge is 0.355 e. The summed E-state index contributed by atoms with van der Waals surface area (Å²) in [5, 5.41) is 10.3. The maximum absolute atomic E-state index is 12.6. The minimum absolute atomic E-state index is 0.00121. The molecule has 0 fully saturated rings. The summed E-state index contributed by atoms with van der Waals surface area (Å²) in [6.07, 6.45) is 1.35. The van der Waals surface area contributed by atoms with Crippen LogP contribution in [0.15, 0.2) is 25.3 Å². The first kappa shape index (κ1) is 24.2. The molecular formula is C21H29NO7. The van der Waals surface area contributed by atoms with E-state index in [1.54, 1.807) is 27.7 Å². The first-order valence-corrected chi connectivity index (χ1v) is 9.18. The molecule has 1 unspecified atom stereocenters. The van der Waals surface area contributed by atoms with Crippen LogP contribution in [0.25, 0.3) is 0 Å². The van der Waals surface area contributed by atoms with Gasteiger partial charge < -0.3 is 24.3 Å². The van der Waals surface area contributed by atoms with Gasteiger partial charge in [-0.25, -0.2) is 9.59 Å². The van der Waals surface area contributed by atoms with Gasteiger partial charge in [-0.2, -0.15) is 0 Å². The number of aromatic nitrogens is 1. The van der Waals surface area contributed by atoms with E-state index in [1.807, 2.05) is 0 Å². The Balaban J connectivity index is 3.20. The van der Waals surface area contributed by atoms with Crippen molar-refractivity contribution in [3.05, 3.63) is 47.8 Å². The molecule has 160 valence electrons. The van der Waals surface area contributed by atoms with E-state index in [2.05, 4.69) is 18.1 Å². The Bertz CT molecular complexity index is 771. The number of H-pyrrole nitrogens is 1. The van der Waals surface area contributed by atoms with Crippen LogP contribution in [0.5, 0.6) is 0 Å². The summed E-state index contributed by atoms with van der Waals surface area (Å²) in [7, 11) is 0. The van der Waals surface area contributed by atoms with Crippen LogP contribution in [0.2, 0.25) is 0 Å². The van der Waals surface area contributed by atoms with Crippen LogP contribution < -0.4 is 0 Å². The number of rotatable bonds is 10. The fourth-order valence-corrected chi connectivity index (χ4v) is 2.53. The highest BCUT2D eigenvalue weighted by Gasteiger charge is 2.30. The van der Waals surface area contributed by atoms with Crippen molar-refractivity contribution in [3.8, 4) is 0 Å². The highest BCUT2D eigenvalue weighted by Crippen LogP contribution is 2.27. The minimum atomic E-state index is -1.63. The molecule has 0 aliphatic heterocycles. The summed E-state index contributed by atoms with van der Waals surface area (Å²) in [6, 6.07) is 0. The lowest BCUT2D eigenvalue weighted by molar-refractivity contribution is -0.152. The number of ether oxygens (including phenoxy) is 3. The van der Waals surface area contributed by atoms with Gasteiger partial charge in [-0.3, -0.25) is 4.79 Å². The van der Waals surface area contributed by atoms with E-state index in [0.29, 0.717) is 11.1 Å². The molecule has 0 aromatic carbocycles. The number of hydrogen-bond donors (Lipinski definition) is 2. The summed E-state index contributed by atoms with van der Waals surface area (Å²) >= 11 is 0. The molecule has 0 aliphatic rings. The second-order valence-electron chi connectivity index (χ2n) is 7.31. The lowest BCUT2D eigenvalue weighted by Gasteiger charge is -2.19. The van der Waals surface area contributed by atoms with Gasteiger partial charge in [0.2, 0.25) is 0 Å². The number of esters is 3. The van der Waals surface area contributed by atoms with Crippen molar-refractivity contribution < 1.29 is 33.7 Å². The van der Waals surface area contributed by atoms with Crippen LogP contribution in [0.3, 0.4) is 0 Å². The number of carbonyl (C=O) groups is 3. The predicted octanol–water partition coefficient (Wildman–Crippen LogP) is 2.70. The number of hydrogen-bond acceptors (Lipinski definition) is 7. The van der Waals surface area contributed by atoms with Crippen LogP contribution in [-0.4, -0.2) is 46.8 Å². The Labute approximate surface area is 170 Å². The first-order valence-electron chi connectivity index (χ1n) is 9.18. The Morgan fingerprint density at radius 3 is 2.28 bits per heavy atom. The maximum atomic E-state index is 12.6. The zero-order valence-electron chi connectivity index (χ0n) is 17.4. The first-order chi connectivity index (χ1) is 13.5. The topological polar surface area (TPSA) is 115 Å². The molecule has 1 heterocycles. The van der Waals surface area contributed by atoms with Crippen LogP contribution in [0.4, 0.5) is 0 Å². The molecule has 8 nitrogen and oxygen atoms in total. The van der Waals surface area contributed by atoms with Crippen LogP contribution in [0.1, 0.15) is 60.6 Å². The third kappa shape index (κ3) is 7.23. The van der Waals surface area contributed by atoms with Gasteiger partial charge in [0.15, 0.2) is 6.10 Å². The molecule has 0 aliphatic carbocycles. The van der Waals surface area contributed by atoms with Crippen molar-refractivity contribution in [2.75, 3.05) is 13.2 Å². The number of aromatic amines is 1. The van der Waals surface area contributed by atoms with Gasteiger partial charge in [0.05, 0.1) is 5.69 Å². The highest BCUT2D eigenvalue weighted by atomic mass is 16.6. The third-order valence-electron chi connectivity index (χ3n) is 3.80. The average Bonchev–Trinajstić information content (AvgIpc) is 2.97. The van der Waals surface area contributed by atoms with E-state index in [-0.39, 0.29) is 37.4 Å². The van der Waals surface area contributed by atoms with Crippen molar-refractivity contribution in [2.45, 2.75) is 52.2 Å². The van der Waals surface area contributed by atoms with E-state index in [1.165, 1.54) is 12.2 Å². The quantitative estimate of drug-likeness (QED) is 0.348. The molecule has 1 rings (SSSR count). The summed E-state index contributed by atoms with van der Waals surface area (Å²) in [5.41, 5.74) is 0.345. The van der Waals surface area contributed by atoms with Gasteiger partial charge in [0, 0.05) is 6.42 Å². The van der Waals surface area contributed by atoms with Crippen LogP contribution in [0, 0.1) is 6.92 Å². The summed E-state index contributed by atoms with van der Waals surface area (Å²) in [6.45, 7) is 13.7. The highest BCUT2D eigenvalue weighted by molar-refractivity contribution is 5.91. The predicted molar refractivity (Wildman–Crippen MR) is 106 cm³/mol. The summed E-state index contributed by atoms with van der Waals surface area (Å²) in [5.74, 6) is -2.01. The lowest BCUT2D eigenvalue weighted by Crippen LogP contribution is -2.25. The summed E-state index contributed by atoms with van der Waals surface area (Å²) < 4.78 is 15.2. The molecule has 1 aromatic rings. The largest absolute Gasteiger partial charge is 0.461 e. The molecule has 0 saturated heterocycles. The number of aliphatic hydroxyl groups is 1. The van der Waals surface area contributed by atoms with Gasteiger partial charge in [-0.1, -0.05) is 25.3 Å². The number of nitrogens with one attached hydrogen (secondary N) is 1. The maximum Gasteiger partial charge on any atom is 0.355 e. The summed E-state index contributed by atoms with van der Waals surface area (Å²) in [4.78, 5) is 39.3. The molecule has 0 saturated carbocycles. The molecule has 8 heteroatoms. The Kier molecular flexibility index (Phi) is 8.85. The van der Waals surface area contributed by atoms with Gasteiger partial charge in [-0.15, -0.1) is 0 Å². The minimum Gasteiger partial charge on any atom is -0.461 e. The molecule has 0 spiro atoms. The lowest BCUT2D eigenvalue weighted by atomic mass is 10.0. The number of carbonyl (C=O) groups excluding carboxylic acids is 3. The molecule has 2 N–H and O–H groups in total. The van der Waals surface area contributed by atoms with Gasteiger partial charge in [0.25, 0.3) is 0 Å². The zero-order chi connectivity index (χ0) is 22.2. The zero-order valence-corrected chi connectivity index (χ0v) is 17.4. The second kappa shape index (κ2) is 10.6. The second-order valence-corrected chi connectivity index (χ2v) is 7.31. The monoisotopic (exact) mass is 407 g/mol. The normalized spacial score (nSPS) is 12.0.